The van der Waals surface area contributed by atoms with Crippen LogP contribution in [0.25, 0.3) is 0 Å². The summed E-state index contributed by atoms with van der Waals surface area (Å²) >= 11 is 0. The van der Waals surface area contributed by atoms with E-state index in [0.717, 1.165) is 18.4 Å². The Bertz CT molecular complexity index is 237. The van der Waals surface area contributed by atoms with E-state index in [2.05, 4.69) is 26.0 Å². The zero-order valence-electron chi connectivity index (χ0n) is 9.34. The van der Waals surface area contributed by atoms with Gasteiger partial charge in [0.1, 0.15) is 0 Å². The SMILES string of the molecule is CCC(C)=CCC=C(C)CCC(=O)O. The van der Waals surface area contributed by atoms with Crippen LogP contribution in [0.2, 0.25) is 0 Å². The molecule has 0 bridgehead atoms. The fourth-order valence-corrected chi connectivity index (χ4v) is 1.01. The molecule has 0 aliphatic carbocycles. The quantitative estimate of drug-likeness (QED) is 0.660. The van der Waals surface area contributed by atoms with E-state index in [1.165, 1.54) is 5.57 Å². The van der Waals surface area contributed by atoms with E-state index in [1.807, 2.05) is 6.92 Å². The molecule has 0 spiro atoms. The largest absolute Gasteiger partial charge is 0.481 e. The molecule has 2 heteroatoms. The standard InChI is InChI=1S/C12H20O2/c1-4-10(2)6-5-7-11(3)8-9-12(13)14/h6-7H,4-5,8-9H2,1-3H3,(H,13,14). The van der Waals surface area contributed by atoms with Crippen molar-refractivity contribution in [2.75, 3.05) is 0 Å². The van der Waals surface area contributed by atoms with Crippen LogP contribution in [0.5, 0.6) is 0 Å². The first-order chi connectivity index (χ1) is 6.56. The maximum Gasteiger partial charge on any atom is 0.303 e. The topological polar surface area (TPSA) is 37.3 Å². The van der Waals surface area contributed by atoms with Gasteiger partial charge in [0.2, 0.25) is 0 Å². The molecule has 0 rings (SSSR count). The van der Waals surface area contributed by atoms with Crippen LogP contribution in [0.15, 0.2) is 23.3 Å². The van der Waals surface area contributed by atoms with Crippen LogP contribution < -0.4 is 0 Å². The van der Waals surface area contributed by atoms with Gasteiger partial charge in [-0.3, -0.25) is 4.79 Å². The van der Waals surface area contributed by atoms with Gasteiger partial charge in [0.25, 0.3) is 0 Å². The summed E-state index contributed by atoms with van der Waals surface area (Å²) in [4.78, 5) is 10.3. The molecule has 0 aliphatic heterocycles. The Morgan fingerprint density at radius 3 is 2.21 bits per heavy atom. The highest BCUT2D eigenvalue weighted by atomic mass is 16.4. The second kappa shape index (κ2) is 7.36. The molecule has 0 atom stereocenters. The molecule has 0 saturated heterocycles. The maximum absolute atomic E-state index is 10.3. The van der Waals surface area contributed by atoms with Gasteiger partial charge in [-0.05, 0) is 33.1 Å². The number of carboxylic acids is 1. The molecule has 0 aromatic heterocycles. The van der Waals surface area contributed by atoms with E-state index in [0.29, 0.717) is 6.42 Å². The van der Waals surface area contributed by atoms with Crippen LogP contribution in [0.4, 0.5) is 0 Å². The van der Waals surface area contributed by atoms with Crippen molar-refractivity contribution in [2.24, 2.45) is 0 Å². The lowest BCUT2D eigenvalue weighted by atomic mass is 10.1. The molecule has 0 radical (unpaired) electrons. The molecule has 1 N–H and O–H groups in total. The highest BCUT2D eigenvalue weighted by Gasteiger charge is 1.96. The third-order valence-electron chi connectivity index (χ3n) is 2.22. The highest BCUT2D eigenvalue weighted by molar-refractivity contribution is 5.66. The van der Waals surface area contributed by atoms with Gasteiger partial charge in [-0.1, -0.05) is 30.2 Å². The lowest BCUT2D eigenvalue weighted by Gasteiger charge is -1.97. The fourth-order valence-electron chi connectivity index (χ4n) is 1.01. The van der Waals surface area contributed by atoms with Gasteiger partial charge < -0.3 is 5.11 Å². The Labute approximate surface area is 86.3 Å². The molecular weight excluding hydrogens is 176 g/mol. The van der Waals surface area contributed by atoms with Crippen molar-refractivity contribution in [3.63, 3.8) is 0 Å². The Hall–Kier alpha value is -1.05. The van der Waals surface area contributed by atoms with Crippen molar-refractivity contribution in [3.8, 4) is 0 Å². The zero-order valence-corrected chi connectivity index (χ0v) is 9.34. The molecular formula is C12H20O2. The molecule has 0 heterocycles. The molecule has 0 amide bonds. The van der Waals surface area contributed by atoms with Gasteiger partial charge >= 0.3 is 5.97 Å². The number of rotatable bonds is 6. The van der Waals surface area contributed by atoms with Crippen molar-refractivity contribution in [2.45, 2.75) is 46.5 Å². The van der Waals surface area contributed by atoms with Crippen molar-refractivity contribution in [3.05, 3.63) is 23.3 Å². The highest BCUT2D eigenvalue weighted by Crippen LogP contribution is 2.07. The fraction of sp³-hybridized carbons (Fsp3) is 0.583. The maximum atomic E-state index is 10.3. The van der Waals surface area contributed by atoms with Crippen molar-refractivity contribution < 1.29 is 9.90 Å². The minimum Gasteiger partial charge on any atom is -0.481 e. The predicted octanol–water partition coefficient (Wildman–Crippen LogP) is 3.54. The van der Waals surface area contributed by atoms with Crippen LogP contribution in [-0.2, 0) is 4.79 Å². The molecule has 0 saturated carbocycles. The molecule has 0 fully saturated rings. The summed E-state index contributed by atoms with van der Waals surface area (Å²) in [7, 11) is 0. The van der Waals surface area contributed by atoms with Crippen LogP contribution >= 0.6 is 0 Å². The second-order valence-electron chi connectivity index (χ2n) is 3.58. The predicted molar refractivity (Wildman–Crippen MR) is 59.3 cm³/mol. The summed E-state index contributed by atoms with van der Waals surface area (Å²) in [5.41, 5.74) is 2.54. The monoisotopic (exact) mass is 196 g/mol. The summed E-state index contributed by atoms with van der Waals surface area (Å²) in [5, 5.41) is 8.47. The first-order valence-corrected chi connectivity index (χ1v) is 5.09. The molecule has 0 aromatic carbocycles. The first kappa shape index (κ1) is 12.9. The lowest BCUT2D eigenvalue weighted by molar-refractivity contribution is -0.136. The van der Waals surface area contributed by atoms with Crippen LogP contribution in [0, 0.1) is 0 Å². The molecule has 0 aliphatic rings. The molecule has 0 aromatic rings. The summed E-state index contributed by atoms with van der Waals surface area (Å²) in [6.45, 7) is 6.23. The number of carbonyl (C=O) groups is 1. The molecule has 80 valence electrons. The van der Waals surface area contributed by atoms with Gasteiger partial charge in [-0.2, -0.15) is 0 Å². The lowest BCUT2D eigenvalue weighted by Crippen LogP contribution is -1.93. The van der Waals surface area contributed by atoms with E-state index in [-0.39, 0.29) is 6.42 Å². The van der Waals surface area contributed by atoms with E-state index in [1.54, 1.807) is 0 Å². The van der Waals surface area contributed by atoms with Crippen molar-refractivity contribution in [1.82, 2.24) is 0 Å². The first-order valence-electron chi connectivity index (χ1n) is 5.09. The van der Waals surface area contributed by atoms with E-state index in [9.17, 15) is 4.79 Å². The molecule has 14 heavy (non-hydrogen) atoms. The third-order valence-corrected chi connectivity index (χ3v) is 2.22. The van der Waals surface area contributed by atoms with Crippen molar-refractivity contribution in [1.29, 1.82) is 0 Å². The van der Waals surface area contributed by atoms with Crippen LogP contribution in [0.1, 0.15) is 46.5 Å². The van der Waals surface area contributed by atoms with Crippen LogP contribution in [-0.4, -0.2) is 11.1 Å². The molecule has 2 nitrogen and oxygen atoms in total. The van der Waals surface area contributed by atoms with E-state index >= 15 is 0 Å². The van der Waals surface area contributed by atoms with E-state index in [4.69, 9.17) is 5.11 Å². The summed E-state index contributed by atoms with van der Waals surface area (Å²) in [6.07, 6.45) is 7.19. The number of hydrogen-bond acceptors (Lipinski definition) is 1. The minimum absolute atomic E-state index is 0.235. The number of allylic oxidation sites excluding steroid dienone is 4. The van der Waals surface area contributed by atoms with E-state index < -0.39 is 5.97 Å². The smallest absolute Gasteiger partial charge is 0.303 e. The minimum atomic E-state index is -0.724. The van der Waals surface area contributed by atoms with Crippen LogP contribution in [0.3, 0.4) is 0 Å². The summed E-state index contributed by atoms with van der Waals surface area (Å²) in [6, 6.07) is 0. The average Bonchev–Trinajstić information content (AvgIpc) is 2.14. The Morgan fingerprint density at radius 1 is 1.14 bits per heavy atom. The second-order valence-corrected chi connectivity index (χ2v) is 3.58. The third kappa shape index (κ3) is 7.59. The number of carboxylic acid groups (broad SMARTS) is 1. The van der Waals surface area contributed by atoms with Gasteiger partial charge in [0.05, 0.1) is 0 Å². The Morgan fingerprint density at radius 2 is 1.71 bits per heavy atom. The summed E-state index contributed by atoms with van der Waals surface area (Å²) < 4.78 is 0. The number of aliphatic carboxylic acids is 1. The van der Waals surface area contributed by atoms with Gasteiger partial charge in [0, 0.05) is 6.42 Å². The van der Waals surface area contributed by atoms with Gasteiger partial charge in [-0.25, -0.2) is 0 Å². The van der Waals surface area contributed by atoms with Gasteiger partial charge in [-0.15, -0.1) is 0 Å². The number of hydrogen-bond donors (Lipinski definition) is 1. The Kier molecular flexibility index (Phi) is 6.81. The van der Waals surface area contributed by atoms with Gasteiger partial charge in [0.15, 0.2) is 0 Å². The normalized spacial score (nSPS) is 13.1. The van der Waals surface area contributed by atoms with Crippen molar-refractivity contribution >= 4 is 5.97 Å². The molecule has 0 unspecified atom stereocenters. The average molecular weight is 196 g/mol. The zero-order chi connectivity index (χ0) is 11.0. The Balaban J connectivity index is 3.82. The summed E-state index contributed by atoms with van der Waals surface area (Å²) in [5.74, 6) is -0.724.